The molecule has 0 aliphatic rings. The number of aryl methyl sites for hydroxylation is 2. The van der Waals surface area contributed by atoms with Gasteiger partial charge in [0.05, 0.1) is 0 Å². The Balaban J connectivity index is 1.72. The van der Waals surface area contributed by atoms with Crippen LogP contribution >= 0.6 is 11.6 Å². The molecule has 0 aliphatic carbocycles. The van der Waals surface area contributed by atoms with Crippen LogP contribution in [0.4, 0.5) is 0 Å². The number of nitrogens with one attached hydrogen (secondary N) is 1. The Morgan fingerprint density at radius 2 is 1.97 bits per heavy atom. The van der Waals surface area contributed by atoms with E-state index in [1.54, 1.807) is 0 Å². The fraction of sp³-hybridized carbons (Fsp3) is 0.348. The van der Waals surface area contributed by atoms with Crippen molar-refractivity contribution < 1.29 is 9.32 Å². The van der Waals surface area contributed by atoms with E-state index in [4.69, 9.17) is 16.1 Å². The number of benzene rings is 2. The van der Waals surface area contributed by atoms with Crippen LogP contribution < -0.4 is 5.32 Å². The van der Waals surface area contributed by atoms with Gasteiger partial charge in [0, 0.05) is 17.0 Å². The maximum atomic E-state index is 12.6. The molecule has 2 atom stereocenters. The molecule has 0 aliphatic heterocycles. The smallest absolute Gasteiger partial charge is 0.249 e. The Labute approximate surface area is 176 Å². The van der Waals surface area contributed by atoms with E-state index in [2.05, 4.69) is 29.3 Å². The van der Waals surface area contributed by atoms with Gasteiger partial charge in [0.25, 0.3) is 0 Å². The average molecular weight is 412 g/mol. The Kier molecular flexibility index (Phi) is 7.04. The molecule has 1 heterocycles. The van der Waals surface area contributed by atoms with Crippen molar-refractivity contribution in [3.63, 3.8) is 0 Å². The van der Waals surface area contributed by atoms with Crippen molar-refractivity contribution in [1.29, 1.82) is 0 Å². The van der Waals surface area contributed by atoms with E-state index in [0.717, 1.165) is 23.1 Å². The van der Waals surface area contributed by atoms with E-state index in [1.165, 1.54) is 0 Å². The highest BCUT2D eigenvalue weighted by molar-refractivity contribution is 6.31. The lowest BCUT2D eigenvalue weighted by Gasteiger charge is -2.20. The lowest BCUT2D eigenvalue weighted by Crippen LogP contribution is -2.32. The topological polar surface area (TPSA) is 68.0 Å². The minimum atomic E-state index is -0.328. The molecule has 1 N–H and O–H groups in total. The van der Waals surface area contributed by atoms with E-state index in [9.17, 15) is 4.79 Å². The molecular weight excluding hydrogens is 386 g/mol. The quantitative estimate of drug-likeness (QED) is 0.528. The van der Waals surface area contributed by atoms with Gasteiger partial charge in [0.15, 0.2) is 0 Å². The van der Waals surface area contributed by atoms with Gasteiger partial charge in [0.1, 0.15) is 6.04 Å². The molecule has 3 rings (SSSR count). The molecular formula is C23H26ClN3O2. The fourth-order valence-electron chi connectivity index (χ4n) is 3.04. The molecule has 2 aromatic carbocycles. The number of carbonyl (C=O) groups is 1. The molecule has 29 heavy (non-hydrogen) atoms. The molecule has 6 heteroatoms. The number of nitrogens with zero attached hydrogens (tertiary/aromatic N) is 2. The number of aromatic nitrogens is 2. The van der Waals surface area contributed by atoms with Gasteiger partial charge in [-0.15, -0.1) is 0 Å². The van der Waals surface area contributed by atoms with Gasteiger partial charge in [0.2, 0.25) is 17.6 Å². The van der Waals surface area contributed by atoms with E-state index < -0.39 is 0 Å². The standard InChI is InChI=1S/C23H26ClN3O2/c1-4-15(2)21(25-20(28)13-11-17-8-6-5-7-9-17)23-26-22(27-29-23)18-12-10-16(3)19(24)14-18/h5-10,12,14-15,21H,4,11,13H2,1-3H3,(H,25,28)/t15-,21+/m0/s1. The molecule has 5 nitrogen and oxygen atoms in total. The highest BCUT2D eigenvalue weighted by Crippen LogP contribution is 2.27. The first-order valence-electron chi connectivity index (χ1n) is 9.91. The molecule has 3 aromatic rings. The van der Waals surface area contributed by atoms with Crippen LogP contribution in [-0.2, 0) is 11.2 Å². The number of carbonyl (C=O) groups excluding carboxylic acids is 1. The molecule has 0 spiro atoms. The van der Waals surface area contributed by atoms with Crippen molar-refractivity contribution in [1.82, 2.24) is 15.5 Å². The maximum Gasteiger partial charge on any atom is 0.249 e. The Morgan fingerprint density at radius 1 is 1.21 bits per heavy atom. The summed E-state index contributed by atoms with van der Waals surface area (Å²) < 4.78 is 5.52. The van der Waals surface area contributed by atoms with Crippen molar-refractivity contribution in [2.45, 2.75) is 46.1 Å². The number of amides is 1. The van der Waals surface area contributed by atoms with Gasteiger partial charge in [-0.05, 0) is 36.5 Å². The molecule has 152 valence electrons. The molecule has 0 unspecified atom stereocenters. The number of hydrogen-bond donors (Lipinski definition) is 1. The second kappa shape index (κ2) is 9.70. The summed E-state index contributed by atoms with van der Waals surface area (Å²) in [6.07, 6.45) is 1.97. The summed E-state index contributed by atoms with van der Waals surface area (Å²) in [4.78, 5) is 17.1. The summed E-state index contributed by atoms with van der Waals surface area (Å²) >= 11 is 6.22. The van der Waals surface area contributed by atoms with Crippen molar-refractivity contribution in [3.8, 4) is 11.4 Å². The van der Waals surface area contributed by atoms with E-state index in [0.29, 0.717) is 29.6 Å². The third-order valence-electron chi connectivity index (χ3n) is 5.15. The summed E-state index contributed by atoms with van der Waals surface area (Å²) in [6.45, 7) is 6.08. The van der Waals surface area contributed by atoms with Gasteiger partial charge in [-0.1, -0.05) is 79.5 Å². The number of rotatable bonds is 8. The van der Waals surface area contributed by atoms with Gasteiger partial charge in [-0.2, -0.15) is 4.98 Å². The van der Waals surface area contributed by atoms with E-state index >= 15 is 0 Å². The predicted molar refractivity (Wildman–Crippen MR) is 115 cm³/mol. The monoisotopic (exact) mass is 411 g/mol. The Bertz CT molecular complexity index is 956. The first-order valence-corrected chi connectivity index (χ1v) is 10.3. The zero-order valence-electron chi connectivity index (χ0n) is 17.0. The maximum absolute atomic E-state index is 12.6. The third-order valence-corrected chi connectivity index (χ3v) is 5.56. The fourth-order valence-corrected chi connectivity index (χ4v) is 3.22. The lowest BCUT2D eigenvalue weighted by atomic mass is 9.98. The highest BCUT2D eigenvalue weighted by atomic mass is 35.5. The van der Waals surface area contributed by atoms with Crippen molar-refractivity contribution >= 4 is 17.5 Å². The molecule has 0 radical (unpaired) electrons. The minimum absolute atomic E-state index is 0.0303. The molecule has 0 fully saturated rings. The molecule has 1 amide bonds. The van der Waals surface area contributed by atoms with Crippen LogP contribution in [0.3, 0.4) is 0 Å². The van der Waals surface area contributed by atoms with Crippen LogP contribution in [0.5, 0.6) is 0 Å². The van der Waals surface area contributed by atoms with Crippen LogP contribution in [-0.4, -0.2) is 16.0 Å². The van der Waals surface area contributed by atoms with Crippen LogP contribution in [0.15, 0.2) is 53.1 Å². The van der Waals surface area contributed by atoms with Crippen LogP contribution in [0.25, 0.3) is 11.4 Å². The Hall–Kier alpha value is -2.66. The summed E-state index contributed by atoms with van der Waals surface area (Å²) in [7, 11) is 0. The molecule has 0 saturated heterocycles. The summed E-state index contributed by atoms with van der Waals surface area (Å²) in [5.74, 6) is 1.01. The summed E-state index contributed by atoms with van der Waals surface area (Å²) in [6, 6.07) is 15.3. The normalized spacial score (nSPS) is 13.1. The van der Waals surface area contributed by atoms with Crippen LogP contribution in [0.2, 0.25) is 5.02 Å². The first kappa shape index (κ1) is 21.1. The molecule has 0 saturated carbocycles. The highest BCUT2D eigenvalue weighted by Gasteiger charge is 2.26. The minimum Gasteiger partial charge on any atom is -0.344 e. The van der Waals surface area contributed by atoms with E-state index in [-0.39, 0.29) is 17.9 Å². The van der Waals surface area contributed by atoms with Crippen LogP contribution in [0.1, 0.15) is 49.7 Å². The van der Waals surface area contributed by atoms with Crippen molar-refractivity contribution in [3.05, 3.63) is 70.6 Å². The van der Waals surface area contributed by atoms with Crippen LogP contribution in [0, 0.1) is 12.8 Å². The SMILES string of the molecule is CC[C@H](C)[C@@H](NC(=O)CCc1ccccc1)c1nc(-c2ccc(C)c(Cl)c2)no1. The predicted octanol–water partition coefficient (Wildman–Crippen LogP) is 5.53. The summed E-state index contributed by atoms with van der Waals surface area (Å²) in [5, 5.41) is 7.83. The van der Waals surface area contributed by atoms with Gasteiger partial charge in [-0.25, -0.2) is 0 Å². The molecule has 0 bridgehead atoms. The first-order chi connectivity index (χ1) is 14.0. The van der Waals surface area contributed by atoms with Gasteiger partial charge in [-0.3, -0.25) is 4.79 Å². The second-order valence-corrected chi connectivity index (χ2v) is 7.74. The molecule has 1 aromatic heterocycles. The Morgan fingerprint density at radius 3 is 2.66 bits per heavy atom. The third kappa shape index (κ3) is 5.45. The largest absolute Gasteiger partial charge is 0.344 e. The van der Waals surface area contributed by atoms with Gasteiger partial charge < -0.3 is 9.84 Å². The second-order valence-electron chi connectivity index (χ2n) is 7.34. The zero-order valence-corrected chi connectivity index (χ0v) is 17.7. The number of halogens is 1. The average Bonchev–Trinajstić information content (AvgIpc) is 3.22. The lowest BCUT2D eigenvalue weighted by molar-refractivity contribution is -0.122. The number of hydrogen-bond acceptors (Lipinski definition) is 4. The van der Waals surface area contributed by atoms with Crippen molar-refractivity contribution in [2.24, 2.45) is 5.92 Å². The summed E-state index contributed by atoms with van der Waals surface area (Å²) in [5.41, 5.74) is 2.91. The van der Waals surface area contributed by atoms with E-state index in [1.807, 2.05) is 55.5 Å². The zero-order chi connectivity index (χ0) is 20.8. The van der Waals surface area contributed by atoms with Crippen molar-refractivity contribution in [2.75, 3.05) is 0 Å². The van der Waals surface area contributed by atoms with Gasteiger partial charge >= 0.3 is 0 Å².